The van der Waals surface area contributed by atoms with Crippen LogP contribution in [0, 0.1) is 5.92 Å². The van der Waals surface area contributed by atoms with E-state index in [1.165, 1.54) is 34.6 Å². The molecule has 2 aromatic rings. The zero-order valence-electron chi connectivity index (χ0n) is 11.4. The molecule has 3 nitrogen and oxygen atoms in total. The maximum atomic E-state index is 11.9. The number of hydrogen-bond acceptors (Lipinski definition) is 4. The molecular formula is C16H15NO2S2. The van der Waals surface area contributed by atoms with Crippen LogP contribution in [0.2, 0.25) is 0 Å². The van der Waals surface area contributed by atoms with Crippen molar-refractivity contribution in [3.63, 3.8) is 0 Å². The standard InChI is InChI=1S/C16H15NO2S2/c18-16-17-15-14(21-16)12-8-4-1-2-5-9(8)19-10-6-3-7-11(20-15)13(10)12/h1-2,4-5,10-13H,3,6-7H2,(H,17,18)/t10?,11?,12-,13+/m1/s1. The highest BCUT2D eigenvalue weighted by molar-refractivity contribution is 8.00. The Kier molecular flexibility index (Phi) is 2.59. The number of aromatic amines is 1. The van der Waals surface area contributed by atoms with E-state index >= 15 is 0 Å². The predicted molar refractivity (Wildman–Crippen MR) is 84.6 cm³/mol. The Balaban J connectivity index is 1.77. The third-order valence-corrected chi connectivity index (χ3v) is 7.45. The number of H-pyrrole nitrogens is 1. The summed E-state index contributed by atoms with van der Waals surface area (Å²) in [6.45, 7) is 0. The van der Waals surface area contributed by atoms with Gasteiger partial charge < -0.3 is 9.72 Å². The van der Waals surface area contributed by atoms with Gasteiger partial charge in [0.15, 0.2) is 0 Å². The average Bonchev–Trinajstić information content (AvgIpc) is 2.87. The summed E-state index contributed by atoms with van der Waals surface area (Å²) in [6.07, 6.45) is 3.89. The highest BCUT2D eigenvalue weighted by Gasteiger charge is 2.50. The number of para-hydroxylation sites is 1. The number of benzene rings is 1. The first-order chi connectivity index (χ1) is 10.3. The minimum absolute atomic E-state index is 0.0756. The Bertz CT molecular complexity index is 766. The van der Waals surface area contributed by atoms with Gasteiger partial charge in [0.25, 0.3) is 0 Å². The van der Waals surface area contributed by atoms with Crippen LogP contribution in [-0.4, -0.2) is 16.3 Å². The van der Waals surface area contributed by atoms with Crippen LogP contribution in [0.4, 0.5) is 0 Å². The average molecular weight is 317 g/mol. The molecule has 3 aliphatic rings. The molecule has 1 saturated carbocycles. The largest absolute Gasteiger partial charge is 0.490 e. The second kappa shape index (κ2) is 4.40. The van der Waals surface area contributed by atoms with Gasteiger partial charge in [0, 0.05) is 27.5 Å². The number of aromatic nitrogens is 1. The van der Waals surface area contributed by atoms with Gasteiger partial charge in [-0.3, -0.25) is 4.79 Å². The number of nitrogens with one attached hydrogen (secondary N) is 1. The summed E-state index contributed by atoms with van der Waals surface area (Å²) >= 11 is 3.26. The molecule has 0 amide bonds. The van der Waals surface area contributed by atoms with Crippen molar-refractivity contribution in [1.29, 1.82) is 0 Å². The molecule has 2 aliphatic heterocycles. The van der Waals surface area contributed by atoms with Gasteiger partial charge in [-0.2, -0.15) is 0 Å². The molecule has 0 radical (unpaired) electrons. The maximum Gasteiger partial charge on any atom is 0.305 e. The van der Waals surface area contributed by atoms with Crippen molar-refractivity contribution in [2.24, 2.45) is 5.92 Å². The molecule has 4 atom stereocenters. The summed E-state index contributed by atoms with van der Waals surface area (Å²) in [7, 11) is 0. The van der Waals surface area contributed by atoms with Gasteiger partial charge in [-0.25, -0.2) is 0 Å². The Morgan fingerprint density at radius 1 is 1.24 bits per heavy atom. The number of fused-ring (bicyclic) bond motifs is 4. The SMILES string of the molecule is O=c1[nH]c2c(s1)[C@@H]1c3ccccc3OC3CCCC(S2)[C@H]31. The lowest BCUT2D eigenvalue weighted by Crippen LogP contribution is -2.46. The molecule has 0 spiro atoms. The van der Waals surface area contributed by atoms with Gasteiger partial charge >= 0.3 is 4.87 Å². The molecule has 1 fully saturated rings. The molecule has 3 heterocycles. The summed E-state index contributed by atoms with van der Waals surface area (Å²) in [5, 5.41) is 1.67. The second-order valence-electron chi connectivity index (χ2n) is 6.04. The van der Waals surface area contributed by atoms with E-state index in [0.717, 1.165) is 17.2 Å². The van der Waals surface area contributed by atoms with Crippen molar-refractivity contribution in [3.8, 4) is 5.75 Å². The molecule has 2 unspecified atom stereocenters. The number of thiazole rings is 1. The van der Waals surface area contributed by atoms with Gasteiger partial charge in [-0.05, 0) is 25.3 Å². The topological polar surface area (TPSA) is 42.1 Å². The van der Waals surface area contributed by atoms with Crippen LogP contribution in [0.3, 0.4) is 0 Å². The van der Waals surface area contributed by atoms with Gasteiger partial charge in [0.05, 0.1) is 5.03 Å². The molecule has 21 heavy (non-hydrogen) atoms. The number of thioether (sulfide) groups is 1. The first-order valence-electron chi connectivity index (χ1n) is 7.46. The van der Waals surface area contributed by atoms with Gasteiger partial charge in [0.2, 0.25) is 0 Å². The van der Waals surface area contributed by atoms with E-state index in [9.17, 15) is 4.79 Å². The van der Waals surface area contributed by atoms with Crippen molar-refractivity contribution >= 4 is 23.1 Å². The van der Waals surface area contributed by atoms with Crippen LogP contribution in [0.5, 0.6) is 5.75 Å². The van der Waals surface area contributed by atoms with Crippen molar-refractivity contribution in [2.75, 3.05) is 0 Å². The molecule has 5 heteroatoms. The molecular weight excluding hydrogens is 302 g/mol. The number of hydrogen-bond donors (Lipinski definition) is 1. The fraction of sp³-hybridized carbons (Fsp3) is 0.438. The monoisotopic (exact) mass is 317 g/mol. The summed E-state index contributed by atoms with van der Waals surface area (Å²) in [5.41, 5.74) is 1.27. The molecule has 1 aliphatic carbocycles. The Morgan fingerprint density at radius 2 is 2.14 bits per heavy atom. The van der Waals surface area contributed by atoms with Crippen LogP contribution in [0.15, 0.2) is 34.1 Å². The molecule has 5 rings (SSSR count). The molecule has 1 N–H and O–H groups in total. The zero-order chi connectivity index (χ0) is 14.0. The Labute approximate surface area is 130 Å². The van der Waals surface area contributed by atoms with E-state index in [1.807, 2.05) is 17.8 Å². The predicted octanol–water partition coefficient (Wildman–Crippen LogP) is 3.60. The van der Waals surface area contributed by atoms with Crippen molar-refractivity contribution in [3.05, 3.63) is 44.4 Å². The summed E-state index contributed by atoms with van der Waals surface area (Å²) in [5.74, 6) is 1.87. The van der Waals surface area contributed by atoms with Gasteiger partial charge in [-0.15, -0.1) is 11.8 Å². The summed E-state index contributed by atoms with van der Waals surface area (Å²) < 4.78 is 6.30. The van der Waals surface area contributed by atoms with Crippen molar-refractivity contribution < 1.29 is 4.74 Å². The first-order valence-corrected chi connectivity index (χ1v) is 9.16. The number of ether oxygens (including phenoxy) is 1. The molecule has 1 aromatic heterocycles. The third kappa shape index (κ3) is 1.70. The molecule has 0 saturated heterocycles. The zero-order valence-corrected chi connectivity index (χ0v) is 13.0. The lowest BCUT2D eigenvalue weighted by atomic mass is 9.72. The van der Waals surface area contributed by atoms with Crippen LogP contribution in [0.25, 0.3) is 0 Å². The van der Waals surface area contributed by atoms with E-state index in [2.05, 4.69) is 23.2 Å². The minimum atomic E-state index is 0.0756. The Morgan fingerprint density at radius 3 is 3.10 bits per heavy atom. The third-order valence-electron chi connectivity index (χ3n) is 4.95. The highest BCUT2D eigenvalue weighted by Crippen LogP contribution is 2.57. The van der Waals surface area contributed by atoms with Crippen LogP contribution in [0.1, 0.15) is 35.6 Å². The highest BCUT2D eigenvalue weighted by atomic mass is 32.2. The fourth-order valence-corrected chi connectivity index (χ4v) is 6.86. The fourth-order valence-electron chi connectivity index (χ4n) is 4.15. The van der Waals surface area contributed by atoms with Crippen LogP contribution < -0.4 is 9.61 Å². The van der Waals surface area contributed by atoms with E-state index in [4.69, 9.17) is 4.74 Å². The first kappa shape index (κ1) is 12.4. The number of rotatable bonds is 0. The molecule has 1 aromatic carbocycles. The van der Waals surface area contributed by atoms with Crippen LogP contribution >= 0.6 is 23.1 Å². The van der Waals surface area contributed by atoms with Crippen molar-refractivity contribution in [2.45, 2.75) is 41.6 Å². The molecule has 108 valence electrons. The normalized spacial score (nSPS) is 32.6. The van der Waals surface area contributed by atoms with Gasteiger partial charge in [-0.1, -0.05) is 29.5 Å². The van der Waals surface area contributed by atoms with E-state index in [0.29, 0.717) is 23.2 Å². The smallest absolute Gasteiger partial charge is 0.305 e. The quantitative estimate of drug-likeness (QED) is 0.807. The van der Waals surface area contributed by atoms with E-state index in [-0.39, 0.29) is 4.87 Å². The van der Waals surface area contributed by atoms with Crippen LogP contribution in [-0.2, 0) is 0 Å². The maximum absolute atomic E-state index is 11.9. The lowest BCUT2D eigenvalue weighted by Gasteiger charge is -2.48. The van der Waals surface area contributed by atoms with E-state index < -0.39 is 0 Å². The Hall–Kier alpha value is -1.20. The minimum Gasteiger partial charge on any atom is -0.490 e. The summed E-state index contributed by atoms with van der Waals surface area (Å²) in [6, 6.07) is 8.37. The van der Waals surface area contributed by atoms with E-state index in [1.54, 1.807) is 0 Å². The molecule has 0 bridgehead atoms. The second-order valence-corrected chi connectivity index (χ2v) is 8.31. The van der Waals surface area contributed by atoms with Crippen molar-refractivity contribution in [1.82, 2.24) is 4.98 Å². The van der Waals surface area contributed by atoms with Gasteiger partial charge in [0.1, 0.15) is 11.9 Å². The summed E-state index contributed by atoms with van der Waals surface area (Å²) in [4.78, 5) is 16.2. The lowest BCUT2D eigenvalue weighted by molar-refractivity contribution is 0.0666.